The molecule has 0 radical (unpaired) electrons. The first-order valence-corrected chi connectivity index (χ1v) is 9.49. The summed E-state index contributed by atoms with van der Waals surface area (Å²) in [5.41, 5.74) is 0. The fraction of sp³-hybridized carbons (Fsp3) is 0.842. The van der Waals surface area contributed by atoms with Gasteiger partial charge in [-0.1, -0.05) is 38.7 Å². The number of aliphatic hydroxyl groups excluding tert-OH is 2. The summed E-state index contributed by atoms with van der Waals surface area (Å²) < 4.78 is 11.2. The number of cyclic esters (lactones) is 1. The second-order valence-corrected chi connectivity index (χ2v) is 7.03. The molecule has 2 N–H and O–H groups in total. The fourth-order valence-electron chi connectivity index (χ4n) is 3.56. The molecule has 0 spiro atoms. The van der Waals surface area contributed by atoms with Gasteiger partial charge in [-0.15, -0.1) is 0 Å². The molecule has 2 aliphatic rings. The summed E-state index contributed by atoms with van der Waals surface area (Å²) in [7, 11) is 0. The lowest BCUT2D eigenvalue weighted by atomic mass is 9.85. The van der Waals surface area contributed by atoms with Crippen LogP contribution in [-0.2, 0) is 14.3 Å². The van der Waals surface area contributed by atoms with Crippen LogP contribution in [0.25, 0.3) is 0 Å². The second kappa shape index (κ2) is 10.2. The van der Waals surface area contributed by atoms with E-state index in [9.17, 15) is 15.0 Å². The first-order valence-electron chi connectivity index (χ1n) is 9.49. The van der Waals surface area contributed by atoms with Gasteiger partial charge < -0.3 is 19.7 Å². The van der Waals surface area contributed by atoms with Crippen molar-refractivity contribution in [1.29, 1.82) is 0 Å². The normalized spacial score (nSPS) is 36.8. The molecule has 0 aromatic rings. The van der Waals surface area contributed by atoms with Crippen molar-refractivity contribution in [3.05, 3.63) is 12.2 Å². The number of carbonyl (C=O) groups excluding carboxylic acids is 1. The third-order valence-corrected chi connectivity index (χ3v) is 4.98. The molecule has 5 nitrogen and oxygen atoms in total. The maximum absolute atomic E-state index is 12.0. The molecule has 0 aromatic heterocycles. The lowest BCUT2D eigenvalue weighted by Crippen LogP contribution is -2.43. The van der Waals surface area contributed by atoms with Gasteiger partial charge in [0.15, 0.2) is 6.29 Å². The van der Waals surface area contributed by atoms with E-state index in [4.69, 9.17) is 9.47 Å². The van der Waals surface area contributed by atoms with Crippen molar-refractivity contribution >= 4 is 5.97 Å². The predicted molar refractivity (Wildman–Crippen MR) is 91.2 cm³/mol. The van der Waals surface area contributed by atoms with Gasteiger partial charge in [0, 0.05) is 18.8 Å². The van der Waals surface area contributed by atoms with Crippen LogP contribution < -0.4 is 0 Å². The molecule has 2 aliphatic heterocycles. The van der Waals surface area contributed by atoms with Crippen molar-refractivity contribution in [2.75, 3.05) is 0 Å². The Morgan fingerprint density at radius 2 is 2.00 bits per heavy atom. The highest BCUT2D eigenvalue weighted by atomic mass is 16.6. The van der Waals surface area contributed by atoms with E-state index in [1.54, 1.807) is 0 Å². The van der Waals surface area contributed by atoms with Gasteiger partial charge in [0.1, 0.15) is 6.10 Å². The molecular weight excluding hydrogens is 308 g/mol. The molecule has 0 aromatic carbocycles. The summed E-state index contributed by atoms with van der Waals surface area (Å²) in [6.45, 7) is 2.14. The third-order valence-electron chi connectivity index (χ3n) is 4.98. The van der Waals surface area contributed by atoms with Gasteiger partial charge in [-0.3, -0.25) is 4.79 Å². The zero-order valence-corrected chi connectivity index (χ0v) is 14.7. The third kappa shape index (κ3) is 6.19. The van der Waals surface area contributed by atoms with Gasteiger partial charge in [0.2, 0.25) is 0 Å². The molecular formula is C19H32O5. The quantitative estimate of drug-likeness (QED) is 0.467. The van der Waals surface area contributed by atoms with E-state index < -0.39 is 12.4 Å². The van der Waals surface area contributed by atoms with E-state index in [2.05, 4.69) is 6.92 Å². The van der Waals surface area contributed by atoms with Gasteiger partial charge in [-0.05, 0) is 31.8 Å². The molecule has 4 unspecified atom stereocenters. The van der Waals surface area contributed by atoms with Gasteiger partial charge in [0.05, 0.1) is 12.2 Å². The molecule has 24 heavy (non-hydrogen) atoms. The first-order chi connectivity index (χ1) is 11.6. The lowest BCUT2D eigenvalue weighted by Gasteiger charge is -2.37. The van der Waals surface area contributed by atoms with Crippen LogP contribution in [0.5, 0.6) is 0 Å². The summed E-state index contributed by atoms with van der Waals surface area (Å²) in [6, 6.07) is 0. The summed E-state index contributed by atoms with van der Waals surface area (Å²) in [6.07, 6.45) is 10.0. The molecule has 0 amide bonds. The molecule has 0 aliphatic carbocycles. The number of carbonyl (C=O) groups is 1. The zero-order chi connectivity index (χ0) is 17.4. The Balaban J connectivity index is 2.08. The van der Waals surface area contributed by atoms with Gasteiger partial charge in [0.25, 0.3) is 0 Å². The Morgan fingerprint density at radius 1 is 1.17 bits per heavy atom. The van der Waals surface area contributed by atoms with Crippen molar-refractivity contribution in [3.8, 4) is 0 Å². The Kier molecular flexibility index (Phi) is 8.22. The van der Waals surface area contributed by atoms with E-state index >= 15 is 0 Å². The maximum Gasteiger partial charge on any atom is 0.306 e. The summed E-state index contributed by atoms with van der Waals surface area (Å²) in [5, 5.41) is 20.1. The largest absolute Gasteiger partial charge is 0.458 e. The topological polar surface area (TPSA) is 76.0 Å². The van der Waals surface area contributed by atoms with E-state index in [1.807, 2.05) is 12.2 Å². The number of ether oxygens (including phenoxy) is 2. The second-order valence-electron chi connectivity index (χ2n) is 7.03. The Hall–Kier alpha value is -0.910. The average molecular weight is 340 g/mol. The van der Waals surface area contributed by atoms with Crippen molar-refractivity contribution in [3.63, 3.8) is 0 Å². The highest BCUT2D eigenvalue weighted by Gasteiger charge is 2.35. The van der Waals surface area contributed by atoms with Crippen LogP contribution in [0.15, 0.2) is 12.2 Å². The van der Waals surface area contributed by atoms with Gasteiger partial charge in [-0.25, -0.2) is 0 Å². The molecule has 1 saturated heterocycles. The van der Waals surface area contributed by atoms with Crippen LogP contribution in [0.3, 0.4) is 0 Å². The van der Waals surface area contributed by atoms with Crippen molar-refractivity contribution in [2.24, 2.45) is 5.92 Å². The number of rotatable bonds is 4. The van der Waals surface area contributed by atoms with Gasteiger partial charge >= 0.3 is 5.97 Å². The van der Waals surface area contributed by atoms with Crippen LogP contribution in [0.1, 0.15) is 71.1 Å². The van der Waals surface area contributed by atoms with Crippen LogP contribution >= 0.6 is 0 Å². The SMILES string of the molecule is CCCCC[C@H]1/C=C/C2OC(O)CC(O)C2CCCCCC(=O)O1. The van der Waals surface area contributed by atoms with Crippen LogP contribution in [0, 0.1) is 5.92 Å². The smallest absolute Gasteiger partial charge is 0.306 e. The van der Waals surface area contributed by atoms with E-state index in [1.165, 1.54) is 0 Å². The summed E-state index contributed by atoms with van der Waals surface area (Å²) in [4.78, 5) is 12.0. The molecule has 0 saturated carbocycles. The monoisotopic (exact) mass is 340 g/mol. The number of esters is 1. The maximum atomic E-state index is 12.0. The van der Waals surface area contributed by atoms with Crippen molar-refractivity contribution in [2.45, 2.75) is 95.7 Å². The fourth-order valence-corrected chi connectivity index (χ4v) is 3.56. The Morgan fingerprint density at radius 3 is 2.79 bits per heavy atom. The molecule has 1 fully saturated rings. The minimum Gasteiger partial charge on any atom is -0.458 e. The van der Waals surface area contributed by atoms with Crippen molar-refractivity contribution in [1.82, 2.24) is 0 Å². The number of aliphatic hydroxyl groups is 2. The minimum absolute atomic E-state index is 0.00364. The summed E-state index contributed by atoms with van der Waals surface area (Å²) in [5.74, 6) is -0.140. The van der Waals surface area contributed by atoms with Crippen LogP contribution in [0.4, 0.5) is 0 Å². The first kappa shape index (κ1) is 19.4. The molecule has 5 heteroatoms. The standard InChI is InChI=1S/C19H32O5/c1-2-3-5-8-14-11-12-17-15(16(20)13-19(22)24-17)9-6-4-7-10-18(21)23-14/h11-12,14-17,19-20,22H,2-10,13H2,1H3/b12-11+/t14-,15?,16?,17?,19?/m0/s1. The number of fused-ring (bicyclic) bond motifs is 1. The van der Waals surface area contributed by atoms with Gasteiger partial charge in [-0.2, -0.15) is 0 Å². The van der Waals surface area contributed by atoms with E-state index in [-0.39, 0.29) is 30.5 Å². The van der Waals surface area contributed by atoms with Crippen LogP contribution in [0.2, 0.25) is 0 Å². The Labute approximate surface area is 145 Å². The number of hydrogen-bond donors (Lipinski definition) is 2. The molecule has 0 bridgehead atoms. The van der Waals surface area contributed by atoms with E-state index in [0.29, 0.717) is 6.42 Å². The highest BCUT2D eigenvalue weighted by Crippen LogP contribution is 2.30. The predicted octanol–water partition coefficient (Wildman–Crippen LogP) is 3.08. The lowest BCUT2D eigenvalue weighted by molar-refractivity contribution is -0.201. The molecule has 5 atom stereocenters. The number of unbranched alkanes of at least 4 members (excludes halogenated alkanes) is 2. The average Bonchev–Trinajstić information content (AvgIpc) is 2.52. The van der Waals surface area contributed by atoms with E-state index in [0.717, 1.165) is 51.4 Å². The summed E-state index contributed by atoms with van der Waals surface area (Å²) >= 11 is 0. The minimum atomic E-state index is -0.931. The zero-order valence-electron chi connectivity index (χ0n) is 14.7. The Bertz CT molecular complexity index is 409. The molecule has 2 rings (SSSR count). The van der Waals surface area contributed by atoms with Crippen LogP contribution in [-0.4, -0.2) is 40.8 Å². The molecule has 2 heterocycles. The number of hydrogen-bond acceptors (Lipinski definition) is 5. The highest BCUT2D eigenvalue weighted by molar-refractivity contribution is 5.69. The van der Waals surface area contributed by atoms with Crippen molar-refractivity contribution < 1.29 is 24.5 Å². The molecule has 138 valence electrons.